The fourth-order valence-corrected chi connectivity index (χ4v) is 6.12. The second-order valence-electron chi connectivity index (χ2n) is 10.7. The number of fused-ring (bicyclic) bond motifs is 1. The van der Waals surface area contributed by atoms with E-state index in [1.165, 1.54) is 10.6 Å². The number of benzene rings is 1. The van der Waals surface area contributed by atoms with Crippen molar-refractivity contribution in [1.29, 1.82) is 0 Å². The zero-order valence-electron chi connectivity index (χ0n) is 24.2. The topological polar surface area (TPSA) is 127 Å². The predicted octanol–water partition coefficient (Wildman–Crippen LogP) is 3.50. The Kier molecular flexibility index (Phi) is 9.09. The molecule has 1 atom stereocenters. The Labute approximate surface area is 251 Å². The van der Waals surface area contributed by atoms with Crippen LogP contribution in [-0.2, 0) is 34.1 Å². The van der Waals surface area contributed by atoms with Gasteiger partial charge in [0.25, 0.3) is 0 Å². The Hall–Kier alpha value is -3.16. The number of methoxy groups -OCH3 is 1. The molecule has 5 rings (SSSR count). The van der Waals surface area contributed by atoms with Crippen LogP contribution in [0.1, 0.15) is 36.4 Å². The number of rotatable bonds is 12. The molecule has 0 radical (unpaired) electrons. The highest BCUT2D eigenvalue weighted by atomic mass is 35.5. The smallest absolute Gasteiger partial charge is 0.211 e. The van der Waals surface area contributed by atoms with E-state index in [0.717, 1.165) is 52.7 Å². The van der Waals surface area contributed by atoms with Crippen molar-refractivity contribution in [2.24, 2.45) is 0 Å². The van der Waals surface area contributed by atoms with Gasteiger partial charge in [0, 0.05) is 68.3 Å². The van der Waals surface area contributed by atoms with Crippen LogP contribution in [0.5, 0.6) is 0 Å². The summed E-state index contributed by atoms with van der Waals surface area (Å²) in [5.74, 6) is 0.507. The van der Waals surface area contributed by atoms with E-state index in [9.17, 15) is 13.5 Å². The minimum Gasteiger partial charge on any atom is -0.394 e. The SMILES string of the molecule is COC(C)c1ccc(N2CC(N(C)S(C)(=O)=O)C2)c2cnc(CCCc3ccnc(-c4cn(CCO)nc4Cl)n3)cc12. The fourth-order valence-electron chi connectivity index (χ4n) is 5.22. The second-order valence-corrected chi connectivity index (χ2v) is 13.1. The molecule has 224 valence electrons. The summed E-state index contributed by atoms with van der Waals surface area (Å²) in [5.41, 5.74) is 4.64. The maximum atomic E-state index is 12.0. The number of sulfonamides is 1. The molecule has 0 bridgehead atoms. The number of aliphatic hydroxyl groups is 1. The van der Waals surface area contributed by atoms with Crippen molar-refractivity contribution < 1.29 is 18.3 Å². The van der Waals surface area contributed by atoms with Crippen molar-refractivity contribution in [2.75, 3.05) is 45.0 Å². The number of aromatic nitrogens is 5. The highest BCUT2D eigenvalue weighted by molar-refractivity contribution is 7.88. The molecule has 3 aromatic heterocycles. The van der Waals surface area contributed by atoms with Crippen molar-refractivity contribution in [3.63, 3.8) is 0 Å². The first-order valence-electron chi connectivity index (χ1n) is 13.9. The average Bonchev–Trinajstić information content (AvgIpc) is 3.31. The average molecular weight is 614 g/mol. The summed E-state index contributed by atoms with van der Waals surface area (Å²) >= 11 is 6.29. The van der Waals surface area contributed by atoms with Crippen LogP contribution < -0.4 is 4.90 Å². The zero-order valence-corrected chi connectivity index (χ0v) is 25.8. The summed E-state index contributed by atoms with van der Waals surface area (Å²) in [6.07, 6.45) is 8.88. The van der Waals surface area contributed by atoms with Gasteiger partial charge in [0.2, 0.25) is 10.0 Å². The van der Waals surface area contributed by atoms with Gasteiger partial charge in [0.1, 0.15) is 0 Å². The summed E-state index contributed by atoms with van der Waals surface area (Å²) in [4.78, 5) is 16.1. The standard InChI is InChI=1S/C29H36ClN7O4S/c1-19(41-3)23-8-9-27(36-16-22(17-36)35(2)42(4,39)40)25-15-32-21(14-24(23)25)7-5-6-20-10-11-31-29(33-20)26-18-37(12-13-38)34-28(26)30/h8-11,14-15,18-19,22,38H,5-7,12-13,16-17H2,1-4H3. The maximum absolute atomic E-state index is 12.0. The molecule has 42 heavy (non-hydrogen) atoms. The van der Waals surface area contributed by atoms with E-state index in [0.29, 0.717) is 36.2 Å². The van der Waals surface area contributed by atoms with Crippen LogP contribution >= 0.6 is 11.6 Å². The third kappa shape index (κ3) is 6.42. The molecular formula is C29H36ClN7O4S. The highest BCUT2D eigenvalue weighted by Crippen LogP contribution is 2.36. The normalized spacial score (nSPS) is 15.0. The molecule has 1 unspecified atom stereocenters. The largest absolute Gasteiger partial charge is 0.394 e. The number of anilines is 1. The molecule has 4 heterocycles. The van der Waals surface area contributed by atoms with Gasteiger partial charge in [-0.15, -0.1) is 0 Å². The van der Waals surface area contributed by atoms with Crippen molar-refractivity contribution in [2.45, 2.75) is 44.9 Å². The van der Waals surface area contributed by atoms with E-state index in [-0.39, 0.29) is 18.8 Å². The monoisotopic (exact) mass is 613 g/mol. The lowest BCUT2D eigenvalue weighted by Crippen LogP contribution is -2.59. The van der Waals surface area contributed by atoms with Gasteiger partial charge in [-0.05, 0) is 55.3 Å². The molecule has 4 aromatic rings. The van der Waals surface area contributed by atoms with Gasteiger partial charge >= 0.3 is 0 Å². The van der Waals surface area contributed by atoms with Crippen molar-refractivity contribution in [1.82, 2.24) is 29.0 Å². The van der Waals surface area contributed by atoms with Gasteiger partial charge in [0.15, 0.2) is 11.0 Å². The van der Waals surface area contributed by atoms with E-state index >= 15 is 0 Å². The van der Waals surface area contributed by atoms with Crippen LogP contribution in [0.3, 0.4) is 0 Å². The van der Waals surface area contributed by atoms with Crippen LogP contribution in [-0.4, -0.2) is 88.7 Å². The zero-order chi connectivity index (χ0) is 30.0. The van der Waals surface area contributed by atoms with Crippen molar-refractivity contribution >= 4 is 38.1 Å². The third-order valence-corrected chi connectivity index (χ3v) is 9.49. The van der Waals surface area contributed by atoms with Gasteiger partial charge in [-0.25, -0.2) is 18.4 Å². The number of likely N-dealkylation sites (N-methyl/N-ethyl adjacent to an activating group) is 1. The fraction of sp³-hybridized carbons (Fsp3) is 0.448. The first-order chi connectivity index (χ1) is 20.1. The van der Waals surface area contributed by atoms with Gasteiger partial charge in [-0.3, -0.25) is 9.67 Å². The summed E-state index contributed by atoms with van der Waals surface area (Å²) in [7, 11) is 0.104. The summed E-state index contributed by atoms with van der Waals surface area (Å²) in [6.45, 7) is 3.61. The molecule has 0 aliphatic carbocycles. The first-order valence-corrected chi connectivity index (χ1v) is 16.1. The Morgan fingerprint density at radius 2 is 1.93 bits per heavy atom. The predicted molar refractivity (Wildman–Crippen MR) is 163 cm³/mol. The number of ether oxygens (including phenoxy) is 1. The van der Waals surface area contributed by atoms with E-state index in [4.69, 9.17) is 26.3 Å². The lowest BCUT2D eigenvalue weighted by atomic mass is 9.97. The minimum absolute atomic E-state index is 0.0317. The van der Waals surface area contributed by atoms with Crippen LogP contribution in [0, 0.1) is 0 Å². The van der Waals surface area contributed by atoms with Gasteiger partial charge in [-0.2, -0.15) is 9.40 Å². The number of hydrogen-bond acceptors (Lipinski definition) is 9. The van der Waals surface area contributed by atoms with E-state index < -0.39 is 10.0 Å². The van der Waals surface area contributed by atoms with E-state index in [1.54, 1.807) is 31.2 Å². The highest BCUT2D eigenvalue weighted by Gasteiger charge is 2.35. The van der Waals surface area contributed by atoms with Crippen LogP contribution in [0.4, 0.5) is 5.69 Å². The van der Waals surface area contributed by atoms with Crippen LogP contribution in [0.15, 0.2) is 42.9 Å². The lowest BCUT2D eigenvalue weighted by molar-refractivity contribution is 0.121. The summed E-state index contributed by atoms with van der Waals surface area (Å²) < 4.78 is 32.6. The molecule has 1 N–H and O–H groups in total. The molecule has 1 aliphatic heterocycles. The quantitative estimate of drug-likeness (QED) is 0.255. The van der Waals surface area contributed by atoms with Gasteiger partial charge in [-0.1, -0.05) is 17.7 Å². The Balaban J connectivity index is 1.31. The Morgan fingerprint density at radius 3 is 2.64 bits per heavy atom. The van der Waals surface area contributed by atoms with E-state index in [2.05, 4.69) is 33.2 Å². The molecular weight excluding hydrogens is 578 g/mol. The van der Waals surface area contributed by atoms with Crippen molar-refractivity contribution in [3.8, 4) is 11.4 Å². The molecule has 0 spiro atoms. The molecule has 13 heteroatoms. The molecule has 0 saturated carbocycles. The Bertz CT molecular complexity index is 1670. The number of pyridine rings is 1. The minimum atomic E-state index is -3.24. The number of halogens is 1. The molecule has 1 aliphatic rings. The Morgan fingerprint density at radius 1 is 1.17 bits per heavy atom. The number of aryl methyl sites for hydroxylation is 2. The molecule has 11 nitrogen and oxygen atoms in total. The second kappa shape index (κ2) is 12.6. The molecule has 1 aromatic carbocycles. The van der Waals surface area contributed by atoms with Gasteiger partial charge < -0.3 is 14.7 Å². The third-order valence-electron chi connectivity index (χ3n) is 7.87. The molecule has 1 saturated heterocycles. The molecule has 1 fully saturated rings. The summed E-state index contributed by atoms with van der Waals surface area (Å²) in [5, 5.41) is 15.8. The van der Waals surface area contributed by atoms with Crippen LogP contribution in [0.25, 0.3) is 22.2 Å². The first kappa shape index (κ1) is 30.3. The van der Waals surface area contributed by atoms with Crippen molar-refractivity contribution in [3.05, 3.63) is 65.0 Å². The summed E-state index contributed by atoms with van der Waals surface area (Å²) in [6, 6.07) is 8.17. The maximum Gasteiger partial charge on any atom is 0.211 e. The van der Waals surface area contributed by atoms with Gasteiger partial charge in [0.05, 0.1) is 37.1 Å². The number of hydrogen-bond donors (Lipinski definition) is 1. The lowest BCUT2D eigenvalue weighted by Gasteiger charge is -2.44. The van der Waals surface area contributed by atoms with E-state index in [1.807, 2.05) is 19.2 Å². The van der Waals surface area contributed by atoms with Crippen LogP contribution in [0.2, 0.25) is 5.15 Å². The molecule has 0 amide bonds. The number of nitrogens with zero attached hydrogens (tertiary/aromatic N) is 7. The number of aliphatic hydroxyl groups excluding tert-OH is 1.